The lowest BCUT2D eigenvalue weighted by molar-refractivity contribution is -0.117. The number of carbonyl (C=O) groups excluding carboxylic acids is 2. The molecule has 1 rings (SSSR count). The van der Waals surface area contributed by atoms with Crippen LogP contribution in [-0.4, -0.2) is 23.5 Å². The van der Waals surface area contributed by atoms with Crippen LogP contribution in [0.15, 0.2) is 23.3 Å². The van der Waals surface area contributed by atoms with Crippen molar-refractivity contribution in [3.63, 3.8) is 0 Å². The molecule has 0 unspecified atom stereocenters. The Hall–Kier alpha value is -1.58. The molecule has 118 valence electrons. The summed E-state index contributed by atoms with van der Waals surface area (Å²) in [5.41, 5.74) is 2.47. The van der Waals surface area contributed by atoms with Crippen molar-refractivity contribution in [2.75, 3.05) is 0 Å². The van der Waals surface area contributed by atoms with E-state index in [0.29, 0.717) is 12.0 Å². The maximum absolute atomic E-state index is 12.2. The van der Waals surface area contributed by atoms with Gasteiger partial charge in [0, 0.05) is 0 Å². The van der Waals surface area contributed by atoms with Crippen molar-refractivity contribution in [1.82, 2.24) is 5.32 Å². The highest BCUT2D eigenvalue weighted by Crippen LogP contribution is 2.29. The molecule has 1 aliphatic carbocycles. The number of hydrogen-bond donors (Lipinski definition) is 1. The summed E-state index contributed by atoms with van der Waals surface area (Å²) in [6, 6.07) is -0.583. The van der Waals surface area contributed by atoms with Gasteiger partial charge in [0.15, 0.2) is 5.78 Å². The first-order valence-electron chi connectivity index (χ1n) is 7.47. The molecule has 0 aromatic carbocycles. The van der Waals surface area contributed by atoms with E-state index in [-0.39, 0.29) is 5.78 Å². The first-order valence-corrected chi connectivity index (χ1v) is 7.47. The van der Waals surface area contributed by atoms with Gasteiger partial charge in [0.05, 0.1) is 6.04 Å². The molecule has 0 saturated carbocycles. The smallest absolute Gasteiger partial charge is 0.408 e. The summed E-state index contributed by atoms with van der Waals surface area (Å²) in [4.78, 5) is 24.2. The van der Waals surface area contributed by atoms with Crippen molar-refractivity contribution in [2.24, 2.45) is 0 Å². The maximum Gasteiger partial charge on any atom is 0.408 e. The van der Waals surface area contributed by atoms with Crippen LogP contribution >= 0.6 is 0 Å². The quantitative estimate of drug-likeness (QED) is 0.617. The van der Waals surface area contributed by atoms with Crippen molar-refractivity contribution >= 4 is 11.9 Å². The second-order valence-corrected chi connectivity index (χ2v) is 6.78. The van der Waals surface area contributed by atoms with Gasteiger partial charge in [0.1, 0.15) is 5.60 Å². The largest absolute Gasteiger partial charge is 0.444 e. The van der Waals surface area contributed by atoms with E-state index in [9.17, 15) is 9.59 Å². The van der Waals surface area contributed by atoms with E-state index in [1.807, 2.05) is 0 Å². The number of hydrogen-bond acceptors (Lipinski definition) is 3. The first-order chi connectivity index (χ1) is 9.60. The monoisotopic (exact) mass is 293 g/mol. The highest BCUT2D eigenvalue weighted by atomic mass is 16.6. The van der Waals surface area contributed by atoms with E-state index in [2.05, 4.69) is 18.8 Å². The topological polar surface area (TPSA) is 55.4 Å². The number of ether oxygens (including phenoxy) is 1. The molecule has 1 amide bonds. The van der Waals surface area contributed by atoms with E-state index >= 15 is 0 Å². The van der Waals surface area contributed by atoms with E-state index in [0.717, 1.165) is 19.3 Å². The van der Waals surface area contributed by atoms with Gasteiger partial charge in [-0.25, -0.2) is 4.79 Å². The SMILES string of the molecule is C=C(C)C(=O)[C@H](CC1=C(C)CCC1)NC(=O)OC(C)(C)C. The summed E-state index contributed by atoms with van der Waals surface area (Å²) in [5.74, 6) is -0.131. The van der Waals surface area contributed by atoms with E-state index in [1.54, 1.807) is 27.7 Å². The van der Waals surface area contributed by atoms with E-state index in [4.69, 9.17) is 4.74 Å². The van der Waals surface area contributed by atoms with Crippen LogP contribution in [-0.2, 0) is 9.53 Å². The van der Waals surface area contributed by atoms with Crippen molar-refractivity contribution in [3.05, 3.63) is 23.3 Å². The highest BCUT2D eigenvalue weighted by Gasteiger charge is 2.26. The highest BCUT2D eigenvalue weighted by molar-refractivity contribution is 6.00. The fraction of sp³-hybridized carbons (Fsp3) is 0.647. The summed E-state index contributed by atoms with van der Waals surface area (Å²) in [6.07, 6.45) is 3.20. The molecule has 0 fully saturated rings. The van der Waals surface area contributed by atoms with Gasteiger partial charge in [-0.15, -0.1) is 0 Å². The number of amides is 1. The van der Waals surface area contributed by atoms with Crippen molar-refractivity contribution in [3.8, 4) is 0 Å². The summed E-state index contributed by atoms with van der Waals surface area (Å²) in [7, 11) is 0. The molecule has 0 spiro atoms. The molecule has 0 radical (unpaired) electrons. The minimum Gasteiger partial charge on any atom is -0.444 e. The maximum atomic E-state index is 12.2. The molecule has 0 aromatic rings. The van der Waals surface area contributed by atoms with Crippen LogP contribution in [0.2, 0.25) is 0 Å². The van der Waals surface area contributed by atoms with Crippen LogP contribution in [0.4, 0.5) is 4.79 Å². The van der Waals surface area contributed by atoms with Crippen molar-refractivity contribution in [2.45, 2.75) is 71.9 Å². The normalized spacial score (nSPS) is 16.6. The molecule has 4 nitrogen and oxygen atoms in total. The predicted molar refractivity (Wildman–Crippen MR) is 84.1 cm³/mol. The average Bonchev–Trinajstić information content (AvgIpc) is 2.70. The van der Waals surface area contributed by atoms with Crippen LogP contribution in [0, 0.1) is 0 Å². The Labute approximate surface area is 127 Å². The van der Waals surface area contributed by atoms with Gasteiger partial charge in [-0.05, 0) is 65.9 Å². The Kier molecular flexibility index (Phi) is 5.76. The Bertz CT molecular complexity index is 469. The average molecular weight is 293 g/mol. The number of nitrogens with one attached hydrogen (secondary N) is 1. The van der Waals surface area contributed by atoms with E-state index in [1.165, 1.54) is 11.1 Å². The Morgan fingerprint density at radius 2 is 1.95 bits per heavy atom. The van der Waals surface area contributed by atoms with Crippen LogP contribution in [0.3, 0.4) is 0 Å². The molecule has 21 heavy (non-hydrogen) atoms. The molecule has 1 N–H and O–H groups in total. The molecule has 0 heterocycles. The van der Waals surface area contributed by atoms with Crippen molar-refractivity contribution in [1.29, 1.82) is 0 Å². The second kappa shape index (κ2) is 6.92. The zero-order chi connectivity index (χ0) is 16.2. The van der Waals surface area contributed by atoms with Gasteiger partial charge in [-0.1, -0.05) is 17.7 Å². The Balaban J connectivity index is 2.78. The zero-order valence-corrected chi connectivity index (χ0v) is 13.8. The third-order valence-corrected chi connectivity index (χ3v) is 3.51. The number of alkyl carbamates (subject to hydrolysis) is 1. The van der Waals surface area contributed by atoms with Gasteiger partial charge < -0.3 is 10.1 Å². The number of rotatable bonds is 5. The number of ketones is 1. The van der Waals surface area contributed by atoms with Crippen LogP contribution in [0.25, 0.3) is 0 Å². The summed E-state index contributed by atoms with van der Waals surface area (Å²) >= 11 is 0. The zero-order valence-electron chi connectivity index (χ0n) is 13.8. The second-order valence-electron chi connectivity index (χ2n) is 6.78. The van der Waals surface area contributed by atoms with Gasteiger partial charge >= 0.3 is 6.09 Å². The van der Waals surface area contributed by atoms with Gasteiger partial charge in [-0.2, -0.15) is 0 Å². The summed E-state index contributed by atoms with van der Waals surface area (Å²) in [6.45, 7) is 12.8. The third kappa shape index (κ3) is 5.74. The molecule has 1 atom stereocenters. The molecule has 0 bridgehead atoms. The molecule has 0 aromatic heterocycles. The molecule has 4 heteroatoms. The number of Topliss-reactive ketones (excluding diaryl/α,β-unsaturated/α-hetero) is 1. The first kappa shape index (κ1) is 17.5. The lowest BCUT2D eigenvalue weighted by Gasteiger charge is -2.23. The molecule has 1 aliphatic rings. The fourth-order valence-corrected chi connectivity index (χ4v) is 2.44. The Morgan fingerprint density at radius 3 is 2.38 bits per heavy atom. The van der Waals surface area contributed by atoms with Gasteiger partial charge in [0.2, 0.25) is 0 Å². The molecule has 0 saturated heterocycles. The lowest BCUT2D eigenvalue weighted by atomic mass is 9.97. The fourth-order valence-electron chi connectivity index (χ4n) is 2.44. The standard InChI is InChI=1S/C17H27NO3/c1-11(2)15(19)14(10-13-9-7-8-12(13)3)18-16(20)21-17(4,5)6/h14H,1,7-10H2,2-6H3,(H,18,20)/t14-/m0/s1. The van der Waals surface area contributed by atoms with Crippen LogP contribution in [0.1, 0.15) is 60.3 Å². The minimum absolute atomic E-state index is 0.131. The summed E-state index contributed by atoms with van der Waals surface area (Å²) < 4.78 is 5.24. The van der Waals surface area contributed by atoms with Crippen LogP contribution in [0.5, 0.6) is 0 Å². The predicted octanol–water partition coefficient (Wildman–Crippen LogP) is 3.92. The van der Waals surface area contributed by atoms with Crippen molar-refractivity contribution < 1.29 is 14.3 Å². The molecular weight excluding hydrogens is 266 g/mol. The van der Waals surface area contributed by atoms with Crippen LogP contribution < -0.4 is 5.32 Å². The van der Waals surface area contributed by atoms with Gasteiger partial charge in [0.25, 0.3) is 0 Å². The number of carbonyl (C=O) groups is 2. The summed E-state index contributed by atoms with van der Waals surface area (Å²) in [5, 5.41) is 2.70. The third-order valence-electron chi connectivity index (χ3n) is 3.51. The van der Waals surface area contributed by atoms with E-state index < -0.39 is 17.7 Å². The minimum atomic E-state index is -0.583. The molecule has 0 aliphatic heterocycles. The number of allylic oxidation sites excluding steroid dienone is 1. The van der Waals surface area contributed by atoms with Gasteiger partial charge in [-0.3, -0.25) is 4.79 Å². The Morgan fingerprint density at radius 1 is 1.33 bits per heavy atom. The lowest BCUT2D eigenvalue weighted by Crippen LogP contribution is -2.44. The molecular formula is C17H27NO3.